The van der Waals surface area contributed by atoms with Crippen molar-refractivity contribution in [2.24, 2.45) is 0 Å². The van der Waals surface area contributed by atoms with Gasteiger partial charge < -0.3 is 45.7 Å². The lowest BCUT2D eigenvalue weighted by Crippen LogP contribution is -2.67. The molecule has 1 aliphatic heterocycles. The first-order valence-electron chi connectivity index (χ1n) is 8.58. The summed E-state index contributed by atoms with van der Waals surface area (Å²) in [6, 6.07) is -1.32. The molecule has 1 heterocycles. The van der Waals surface area contributed by atoms with Crippen molar-refractivity contribution in [1.29, 1.82) is 0 Å². The Kier molecular flexibility index (Phi) is 8.45. The Morgan fingerprint density at radius 1 is 1.18 bits per heavy atom. The number of carboxylic acid groups (broad SMARTS) is 1. The van der Waals surface area contributed by atoms with Crippen LogP contribution in [-0.2, 0) is 23.9 Å². The largest absolute Gasteiger partial charge is 0.477 e. The van der Waals surface area contributed by atoms with Gasteiger partial charge in [-0.15, -0.1) is 0 Å². The molecule has 1 saturated heterocycles. The molecule has 1 fully saturated rings. The minimum Gasteiger partial charge on any atom is -0.477 e. The molecule has 7 N–H and O–H groups in total. The summed E-state index contributed by atoms with van der Waals surface area (Å²) in [7, 11) is 0. The number of aliphatic carboxylic acids is 1. The minimum absolute atomic E-state index is 0.00133. The molecule has 1 rings (SSSR count). The van der Waals surface area contributed by atoms with E-state index in [1.807, 2.05) is 0 Å². The summed E-state index contributed by atoms with van der Waals surface area (Å²) in [5, 5.41) is 54.3. The number of hydrogen-bond acceptors (Lipinski definition) is 9. The van der Waals surface area contributed by atoms with Crippen molar-refractivity contribution in [2.45, 2.75) is 69.4 Å². The molecule has 6 atom stereocenters. The predicted octanol–water partition coefficient (Wildman–Crippen LogP) is -3.38. The zero-order valence-corrected chi connectivity index (χ0v) is 15.5. The third-order valence-electron chi connectivity index (χ3n) is 4.23. The molecular formula is C16H26N2O10. The third-order valence-corrected chi connectivity index (χ3v) is 4.23. The zero-order valence-electron chi connectivity index (χ0n) is 15.5. The van der Waals surface area contributed by atoms with E-state index < -0.39 is 67.0 Å². The molecule has 160 valence electrons. The van der Waals surface area contributed by atoms with E-state index in [0.29, 0.717) is 0 Å². The highest BCUT2D eigenvalue weighted by molar-refractivity contribution is 5.83. The fourth-order valence-corrected chi connectivity index (χ4v) is 2.74. The molecule has 0 spiro atoms. The van der Waals surface area contributed by atoms with Gasteiger partial charge in [0.15, 0.2) is 0 Å². The zero-order chi connectivity index (χ0) is 21.6. The second kappa shape index (κ2) is 9.89. The van der Waals surface area contributed by atoms with Crippen LogP contribution in [0.3, 0.4) is 0 Å². The number of Topliss-reactive ketones (excluding diaryl/α,β-unsaturated/α-hetero) is 1. The van der Waals surface area contributed by atoms with E-state index in [-0.39, 0.29) is 18.6 Å². The lowest BCUT2D eigenvalue weighted by Gasteiger charge is -2.44. The smallest absolute Gasteiger partial charge is 0.364 e. The Balaban J connectivity index is 2.86. The van der Waals surface area contributed by atoms with Crippen LogP contribution in [0.4, 0.5) is 0 Å². The number of ketones is 1. The highest BCUT2D eigenvalue weighted by atomic mass is 16.7. The van der Waals surface area contributed by atoms with E-state index in [2.05, 4.69) is 10.6 Å². The summed E-state index contributed by atoms with van der Waals surface area (Å²) < 4.78 is 5.00. The Bertz CT molecular complexity index is 612. The summed E-state index contributed by atoms with van der Waals surface area (Å²) in [6.07, 6.45) is -7.78. The van der Waals surface area contributed by atoms with Crippen LogP contribution < -0.4 is 10.6 Å². The van der Waals surface area contributed by atoms with Gasteiger partial charge in [0.05, 0.1) is 18.2 Å². The summed E-state index contributed by atoms with van der Waals surface area (Å²) in [5.74, 6) is -6.06. The van der Waals surface area contributed by atoms with Gasteiger partial charge in [-0.2, -0.15) is 0 Å². The van der Waals surface area contributed by atoms with E-state index in [0.717, 1.165) is 6.92 Å². The Labute approximate surface area is 160 Å². The van der Waals surface area contributed by atoms with Crippen molar-refractivity contribution in [3.05, 3.63) is 0 Å². The Morgan fingerprint density at radius 3 is 2.29 bits per heavy atom. The number of aliphatic hydroxyl groups excluding tert-OH is 3. The van der Waals surface area contributed by atoms with Gasteiger partial charge in [-0.1, -0.05) is 0 Å². The molecule has 12 nitrogen and oxygen atoms in total. The van der Waals surface area contributed by atoms with Crippen molar-refractivity contribution in [1.82, 2.24) is 10.6 Å². The van der Waals surface area contributed by atoms with E-state index >= 15 is 0 Å². The minimum atomic E-state index is -2.84. The van der Waals surface area contributed by atoms with E-state index in [4.69, 9.17) is 9.84 Å². The van der Waals surface area contributed by atoms with E-state index in [1.54, 1.807) is 0 Å². The maximum Gasteiger partial charge on any atom is 0.364 e. The molecule has 0 aromatic rings. The number of hydrogen-bond donors (Lipinski definition) is 7. The molecule has 0 aromatic carbocycles. The van der Waals surface area contributed by atoms with Crippen molar-refractivity contribution in [2.75, 3.05) is 6.54 Å². The summed E-state index contributed by atoms with van der Waals surface area (Å²) in [6.45, 7) is 1.94. The van der Waals surface area contributed by atoms with Crippen LogP contribution in [0.2, 0.25) is 0 Å². The van der Waals surface area contributed by atoms with Gasteiger partial charge in [-0.05, 0) is 6.92 Å². The predicted molar refractivity (Wildman–Crippen MR) is 90.6 cm³/mol. The highest BCUT2D eigenvalue weighted by Crippen LogP contribution is 2.30. The molecule has 0 aromatic heterocycles. The standard InChI is InChI=1S/C16H26N2O10/c1-7(19)3-4-11(23)17-6-10(22)13(24)14-12(18-8(2)20)9(21)5-16(27,28-14)15(25)26/h9-10,12-14,21-22,24,27H,3-6H2,1-2H3,(H,17,23)(H,18,20)(H,25,26)/t9?,10-,12-,13-,14?,16?/m1/s1. The van der Waals surface area contributed by atoms with Crippen molar-refractivity contribution in [3.8, 4) is 0 Å². The van der Waals surface area contributed by atoms with Gasteiger partial charge in [-0.3, -0.25) is 9.59 Å². The molecule has 3 unspecified atom stereocenters. The number of carbonyl (C=O) groups excluding carboxylic acids is 3. The monoisotopic (exact) mass is 406 g/mol. The van der Waals surface area contributed by atoms with E-state index in [1.165, 1.54) is 6.92 Å². The van der Waals surface area contributed by atoms with Crippen LogP contribution in [-0.4, -0.2) is 91.9 Å². The SMILES string of the molecule is CC(=O)CCC(=O)NC[C@@H](O)[C@@H](O)C1OC(O)(C(=O)O)CC(O)[C@H]1NC(C)=O. The average Bonchev–Trinajstić information content (AvgIpc) is 2.58. The molecule has 28 heavy (non-hydrogen) atoms. The van der Waals surface area contributed by atoms with Gasteiger partial charge in [0.25, 0.3) is 5.79 Å². The molecular weight excluding hydrogens is 380 g/mol. The summed E-state index contributed by atoms with van der Waals surface area (Å²) >= 11 is 0. The third kappa shape index (κ3) is 6.49. The first kappa shape index (κ1) is 23.9. The van der Waals surface area contributed by atoms with Gasteiger partial charge in [0.2, 0.25) is 11.8 Å². The first-order chi connectivity index (χ1) is 12.9. The molecule has 0 saturated carbocycles. The van der Waals surface area contributed by atoms with Crippen LogP contribution in [0.5, 0.6) is 0 Å². The average molecular weight is 406 g/mol. The molecule has 2 amide bonds. The van der Waals surface area contributed by atoms with Crippen molar-refractivity contribution in [3.63, 3.8) is 0 Å². The maximum atomic E-state index is 11.6. The topological polar surface area (TPSA) is 203 Å². The first-order valence-corrected chi connectivity index (χ1v) is 8.58. The number of ether oxygens (including phenoxy) is 1. The van der Waals surface area contributed by atoms with E-state index in [9.17, 15) is 39.6 Å². The Morgan fingerprint density at radius 2 is 1.79 bits per heavy atom. The number of carbonyl (C=O) groups is 4. The van der Waals surface area contributed by atoms with Crippen molar-refractivity contribution < 1.29 is 49.4 Å². The fourth-order valence-electron chi connectivity index (χ4n) is 2.74. The molecule has 0 bridgehead atoms. The second-order valence-corrected chi connectivity index (χ2v) is 6.73. The highest BCUT2D eigenvalue weighted by Gasteiger charge is 2.53. The quantitative estimate of drug-likeness (QED) is 0.202. The second-order valence-electron chi connectivity index (χ2n) is 6.73. The molecule has 0 aliphatic carbocycles. The number of amides is 2. The number of rotatable bonds is 9. The Hall–Kier alpha value is -2.12. The van der Waals surface area contributed by atoms with Gasteiger partial charge in [0.1, 0.15) is 18.0 Å². The molecule has 0 radical (unpaired) electrons. The van der Waals surface area contributed by atoms with Crippen LogP contribution in [0.15, 0.2) is 0 Å². The molecule has 12 heteroatoms. The lowest BCUT2D eigenvalue weighted by atomic mass is 9.88. The van der Waals surface area contributed by atoms with Gasteiger partial charge in [0, 0.05) is 32.7 Å². The van der Waals surface area contributed by atoms with Crippen LogP contribution >= 0.6 is 0 Å². The van der Waals surface area contributed by atoms with Crippen LogP contribution in [0, 0.1) is 0 Å². The number of nitrogens with one attached hydrogen (secondary N) is 2. The fraction of sp³-hybridized carbons (Fsp3) is 0.750. The van der Waals surface area contributed by atoms with Crippen LogP contribution in [0.1, 0.15) is 33.1 Å². The molecule has 1 aliphatic rings. The lowest BCUT2D eigenvalue weighted by molar-refractivity contribution is -0.294. The number of carboxylic acids is 1. The van der Waals surface area contributed by atoms with Crippen LogP contribution in [0.25, 0.3) is 0 Å². The maximum absolute atomic E-state index is 11.6. The number of aliphatic hydroxyl groups is 4. The van der Waals surface area contributed by atoms with Crippen molar-refractivity contribution >= 4 is 23.6 Å². The van der Waals surface area contributed by atoms with Gasteiger partial charge in [-0.25, -0.2) is 4.79 Å². The normalized spacial score (nSPS) is 29.4. The summed E-state index contributed by atoms with van der Waals surface area (Å²) in [4.78, 5) is 45.0. The summed E-state index contributed by atoms with van der Waals surface area (Å²) in [5.41, 5.74) is 0. The van der Waals surface area contributed by atoms with Gasteiger partial charge >= 0.3 is 5.97 Å².